The number of amides is 1. The molecule has 0 aliphatic carbocycles. The number of aromatic nitrogens is 1. The van der Waals surface area contributed by atoms with Crippen LogP contribution in [0.25, 0.3) is 0 Å². The molecule has 18 heavy (non-hydrogen) atoms. The summed E-state index contributed by atoms with van der Waals surface area (Å²) < 4.78 is 0.835. The van der Waals surface area contributed by atoms with Gasteiger partial charge in [-0.15, -0.1) is 11.3 Å². The minimum atomic E-state index is -0.162. The van der Waals surface area contributed by atoms with E-state index in [4.69, 9.17) is 5.73 Å². The van der Waals surface area contributed by atoms with Gasteiger partial charge in [-0.05, 0) is 18.2 Å². The average molecular weight is 326 g/mol. The lowest BCUT2D eigenvalue weighted by atomic mass is 10.1. The molecule has 0 saturated heterocycles. The van der Waals surface area contributed by atoms with Crippen molar-refractivity contribution in [1.29, 1.82) is 0 Å². The molecule has 0 unspecified atom stereocenters. The molecule has 0 spiro atoms. The topological polar surface area (TPSA) is 68.0 Å². The quantitative estimate of drug-likeness (QED) is 0.848. The Morgan fingerprint density at radius 3 is 3.06 bits per heavy atom. The van der Waals surface area contributed by atoms with Crippen LogP contribution in [0.4, 0.5) is 5.69 Å². The fourth-order valence-corrected chi connectivity index (χ4v) is 2.46. The number of anilines is 1. The standard InChI is InChI=1S/C12H12BrN3OS/c13-8-1-2-10(14)9(7-8)12(17)16-4-3-11-15-5-6-18-11/h1-2,5-7H,3-4,14H2,(H,16,17). The average Bonchev–Trinajstić information content (AvgIpc) is 2.85. The molecule has 94 valence electrons. The first-order chi connectivity index (χ1) is 8.66. The first-order valence-electron chi connectivity index (χ1n) is 5.38. The van der Waals surface area contributed by atoms with Gasteiger partial charge in [0.05, 0.1) is 10.6 Å². The van der Waals surface area contributed by atoms with E-state index in [2.05, 4.69) is 26.2 Å². The summed E-state index contributed by atoms with van der Waals surface area (Å²) in [5.41, 5.74) is 6.73. The number of carbonyl (C=O) groups is 1. The molecule has 0 aliphatic rings. The van der Waals surface area contributed by atoms with Crippen LogP contribution in [0.5, 0.6) is 0 Å². The predicted molar refractivity (Wildman–Crippen MR) is 76.7 cm³/mol. The molecule has 0 fully saturated rings. The summed E-state index contributed by atoms with van der Waals surface area (Å²) in [6.45, 7) is 0.554. The Labute approximate surface area is 117 Å². The van der Waals surface area contributed by atoms with Crippen molar-refractivity contribution in [2.24, 2.45) is 0 Å². The maximum absolute atomic E-state index is 11.9. The number of hydrogen-bond acceptors (Lipinski definition) is 4. The molecule has 1 amide bonds. The number of rotatable bonds is 4. The maximum atomic E-state index is 11.9. The lowest BCUT2D eigenvalue weighted by molar-refractivity contribution is 0.0955. The zero-order valence-corrected chi connectivity index (χ0v) is 11.9. The summed E-state index contributed by atoms with van der Waals surface area (Å²) in [5, 5.41) is 5.76. The number of nitrogens with two attached hydrogens (primary N) is 1. The second-order valence-corrected chi connectivity index (χ2v) is 5.56. The zero-order valence-electron chi connectivity index (χ0n) is 9.52. The van der Waals surface area contributed by atoms with Crippen LogP contribution < -0.4 is 11.1 Å². The Balaban J connectivity index is 1.93. The predicted octanol–water partition coefficient (Wildman–Crippen LogP) is 2.46. The molecule has 4 nitrogen and oxygen atoms in total. The highest BCUT2D eigenvalue weighted by atomic mass is 79.9. The molecule has 0 saturated carbocycles. The summed E-state index contributed by atoms with van der Waals surface area (Å²) in [6, 6.07) is 5.23. The lowest BCUT2D eigenvalue weighted by Gasteiger charge is -2.07. The van der Waals surface area contributed by atoms with E-state index >= 15 is 0 Å². The molecule has 1 aromatic heterocycles. The van der Waals surface area contributed by atoms with Crippen LogP contribution in [-0.4, -0.2) is 17.4 Å². The van der Waals surface area contributed by atoms with Crippen molar-refractivity contribution in [3.05, 3.63) is 44.8 Å². The number of benzene rings is 1. The molecule has 6 heteroatoms. The van der Waals surface area contributed by atoms with Crippen LogP contribution in [0.15, 0.2) is 34.2 Å². The van der Waals surface area contributed by atoms with Gasteiger partial charge in [-0.1, -0.05) is 15.9 Å². The molecule has 3 N–H and O–H groups in total. The second kappa shape index (κ2) is 5.97. The minimum absolute atomic E-state index is 0.162. The van der Waals surface area contributed by atoms with E-state index in [-0.39, 0.29) is 5.91 Å². The Morgan fingerprint density at radius 1 is 1.50 bits per heavy atom. The number of carbonyl (C=O) groups excluding carboxylic acids is 1. The normalized spacial score (nSPS) is 10.3. The molecule has 1 heterocycles. The van der Waals surface area contributed by atoms with Gasteiger partial charge in [-0.3, -0.25) is 4.79 Å². The molecule has 2 rings (SSSR count). The van der Waals surface area contributed by atoms with Gasteiger partial charge >= 0.3 is 0 Å². The Bertz CT molecular complexity index is 542. The van der Waals surface area contributed by atoms with E-state index < -0.39 is 0 Å². The SMILES string of the molecule is Nc1ccc(Br)cc1C(=O)NCCc1nccs1. The molecule has 0 bridgehead atoms. The van der Waals surface area contributed by atoms with Gasteiger partial charge in [-0.2, -0.15) is 0 Å². The summed E-state index contributed by atoms with van der Waals surface area (Å²) in [7, 11) is 0. The fraction of sp³-hybridized carbons (Fsp3) is 0.167. The highest BCUT2D eigenvalue weighted by Gasteiger charge is 2.09. The maximum Gasteiger partial charge on any atom is 0.253 e. The lowest BCUT2D eigenvalue weighted by Crippen LogP contribution is -2.26. The summed E-state index contributed by atoms with van der Waals surface area (Å²) >= 11 is 4.90. The van der Waals surface area contributed by atoms with Crippen molar-refractivity contribution in [3.8, 4) is 0 Å². The summed E-state index contributed by atoms with van der Waals surface area (Å²) in [6.07, 6.45) is 2.49. The van der Waals surface area contributed by atoms with Crippen molar-refractivity contribution >= 4 is 38.9 Å². The summed E-state index contributed by atoms with van der Waals surface area (Å²) in [5.74, 6) is -0.162. The fourth-order valence-electron chi connectivity index (χ4n) is 1.48. The highest BCUT2D eigenvalue weighted by molar-refractivity contribution is 9.10. The van der Waals surface area contributed by atoms with Crippen molar-refractivity contribution in [1.82, 2.24) is 10.3 Å². The molecule has 0 radical (unpaired) electrons. The van der Waals surface area contributed by atoms with Gasteiger partial charge in [-0.25, -0.2) is 4.98 Å². The van der Waals surface area contributed by atoms with Gasteiger partial charge in [0.1, 0.15) is 0 Å². The van der Waals surface area contributed by atoms with E-state index in [1.54, 1.807) is 29.7 Å². The monoisotopic (exact) mass is 325 g/mol. The third kappa shape index (κ3) is 3.30. The summed E-state index contributed by atoms with van der Waals surface area (Å²) in [4.78, 5) is 16.1. The van der Waals surface area contributed by atoms with Crippen LogP contribution in [0.2, 0.25) is 0 Å². The van der Waals surface area contributed by atoms with E-state index in [1.165, 1.54) is 0 Å². The van der Waals surface area contributed by atoms with Crippen LogP contribution in [0, 0.1) is 0 Å². The number of halogens is 1. The van der Waals surface area contributed by atoms with E-state index in [0.29, 0.717) is 17.8 Å². The largest absolute Gasteiger partial charge is 0.398 e. The minimum Gasteiger partial charge on any atom is -0.398 e. The van der Waals surface area contributed by atoms with E-state index in [0.717, 1.165) is 15.9 Å². The molecule has 0 aliphatic heterocycles. The van der Waals surface area contributed by atoms with Crippen molar-refractivity contribution in [2.45, 2.75) is 6.42 Å². The smallest absolute Gasteiger partial charge is 0.253 e. The molecular weight excluding hydrogens is 314 g/mol. The molecule has 0 atom stereocenters. The first kappa shape index (κ1) is 13.0. The van der Waals surface area contributed by atoms with Gasteiger partial charge in [0.2, 0.25) is 0 Å². The van der Waals surface area contributed by atoms with Gasteiger partial charge in [0.25, 0.3) is 5.91 Å². The van der Waals surface area contributed by atoms with Crippen molar-refractivity contribution in [3.63, 3.8) is 0 Å². The van der Waals surface area contributed by atoms with Crippen LogP contribution in [0.3, 0.4) is 0 Å². The van der Waals surface area contributed by atoms with Crippen molar-refractivity contribution in [2.75, 3.05) is 12.3 Å². The number of hydrogen-bond donors (Lipinski definition) is 2. The van der Waals surface area contributed by atoms with Gasteiger partial charge in [0, 0.05) is 34.7 Å². The number of nitrogens with one attached hydrogen (secondary N) is 1. The highest BCUT2D eigenvalue weighted by Crippen LogP contribution is 2.18. The number of nitrogen functional groups attached to an aromatic ring is 1. The molecule has 2 aromatic rings. The third-order valence-electron chi connectivity index (χ3n) is 2.37. The number of thiazole rings is 1. The van der Waals surface area contributed by atoms with Gasteiger partial charge in [0.15, 0.2) is 0 Å². The third-order valence-corrected chi connectivity index (χ3v) is 3.70. The van der Waals surface area contributed by atoms with Gasteiger partial charge < -0.3 is 11.1 Å². The van der Waals surface area contributed by atoms with E-state index in [9.17, 15) is 4.79 Å². The Hall–Kier alpha value is -1.40. The van der Waals surface area contributed by atoms with Crippen LogP contribution in [0.1, 0.15) is 15.4 Å². The van der Waals surface area contributed by atoms with Crippen molar-refractivity contribution < 1.29 is 4.79 Å². The zero-order chi connectivity index (χ0) is 13.0. The Morgan fingerprint density at radius 2 is 2.33 bits per heavy atom. The second-order valence-electron chi connectivity index (χ2n) is 3.66. The number of nitrogens with zero attached hydrogens (tertiary/aromatic N) is 1. The Kier molecular flexibility index (Phi) is 4.33. The van der Waals surface area contributed by atoms with E-state index in [1.807, 2.05) is 11.4 Å². The van der Waals surface area contributed by atoms with Crippen LogP contribution in [-0.2, 0) is 6.42 Å². The first-order valence-corrected chi connectivity index (χ1v) is 7.05. The van der Waals surface area contributed by atoms with Crippen LogP contribution >= 0.6 is 27.3 Å². The molecular formula is C12H12BrN3OS. The molecule has 1 aromatic carbocycles.